The van der Waals surface area contributed by atoms with Crippen LogP contribution in [0, 0.1) is 0 Å². The van der Waals surface area contributed by atoms with Crippen LogP contribution in [0.2, 0.25) is 0 Å². The predicted molar refractivity (Wildman–Crippen MR) is 75.4 cm³/mol. The number of hydrogen-bond donors (Lipinski definition) is 1. The molecular formula is C12H7ClN6O4. The molecule has 0 fully saturated rings. The lowest BCUT2D eigenvalue weighted by Gasteiger charge is -2.05. The van der Waals surface area contributed by atoms with Crippen LogP contribution in [0.5, 0.6) is 11.5 Å². The number of carbonyl (C=O) groups excluding carboxylic acids is 1. The smallest absolute Gasteiger partial charge is 0.275 e. The molecule has 0 atom stereocenters. The molecule has 0 saturated carbocycles. The molecule has 0 bridgehead atoms. The number of nitrogens with two attached hydrogens (primary N) is 1. The van der Waals surface area contributed by atoms with Gasteiger partial charge in [-0.15, -0.1) is 5.10 Å². The third-order valence-electron chi connectivity index (χ3n) is 3.20. The minimum atomic E-state index is -0.779. The highest BCUT2D eigenvalue weighted by molar-refractivity contribution is 6.67. The normalized spacial score (nSPS) is 12.6. The van der Waals surface area contributed by atoms with Crippen molar-refractivity contribution in [1.82, 2.24) is 25.3 Å². The molecule has 1 aliphatic rings. The van der Waals surface area contributed by atoms with Gasteiger partial charge in [0, 0.05) is 5.56 Å². The van der Waals surface area contributed by atoms with Crippen LogP contribution in [0.1, 0.15) is 10.5 Å². The van der Waals surface area contributed by atoms with Crippen molar-refractivity contribution in [2.45, 2.75) is 0 Å². The summed E-state index contributed by atoms with van der Waals surface area (Å²) in [7, 11) is 0. The molecule has 0 unspecified atom stereocenters. The topological polar surface area (TPSA) is 131 Å². The molecule has 0 spiro atoms. The van der Waals surface area contributed by atoms with Crippen LogP contribution in [0.3, 0.4) is 0 Å². The molecule has 23 heavy (non-hydrogen) atoms. The van der Waals surface area contributed by atoms with Gasteiger partial charge in [-0.25, -0.2) is 4.63 Å². The van der Waals surface area contributed by atoms with E-state index in [1.54, 1.807) is 18.2 Å². The van der Waals surface area contributed by atoms with Gasteiger partial charge in [0.15, 0.2) is 17.2 Å². The van der Waals surface area contributed by atoms with Crippen LogP contribution >= 0.6 is 11.6 Å². The first-order valence-electron chi connectivity index (χ1n) is 6.29. The third kappa shape index (κ3) is 2.07. The molecule has 1 aliphatic heterocycles. The molecule has 116 valence electrons. The Labute approximate surface area is 132 Å². The van der Waals surface area contributed by atoms with Gasteiger partial charge in [-0.05, 0) is 40.1 Å². The van der Waals surface area contributed by atoms with Crippen LogP contribution in [-0.2, 0) is 0 Å². The zero-order chi connectivity index (χ0) is 16.0. The van der Waals surface area contributed by atoms with E-state index in [1.165, 1.54) is 4.68 Å². The van der Waals surface area contributed by atoms with Crippen molar-refractivity contribution >= 4 is 22.7 Å². The predicted octanol–water partition coefficient (Wildman–Crippen LogP) is 1.01. The molecule has 10 nitrogen and oxygen atoms in total. The summed E-state index contributed by atoms with van der Waals surface area (Å²) >= 11 is 5.59. The van der Waals surface area contributed by atoms with E-state index < -0.39 is 5.24 Å². The van der Waals surface area contributed by atoms with Gasteiger partial charge in [0.25, 0.3) is 5.24 Å². The molecule has 2 aromatic heterocycles. The number of benzene rings is 1. The summed E-state index contributed by atoms with van der Waals surface area (Å²) in [6.45, 7) is 0.123. The molecule has 3 aromatic rings. The Bertz CT molecular complexity index is 920. The molecule has 0 aliphatic carbocycles. The number of rotatable bonds is 3. The number of nitrogens with zero attached hydrogens (tertiary/aromatic N) is 5. The van der Waals surface area contributed by atoms with Crippen LogP contribution < -0.4 is 15.2 Å². The number of aromatic nitrogens is 5. The number of anilines is 1. The quantitative estimate of drug-likeness (QED) is 0.697. The van der Waals surface area contributed by atoms with E-state index in [1.807, 2.05) is 0 Å². The lowest BCUT2D eigenvalue weighted by atomic mass is 10.1. The van der Waals surface area contributed by atoms with Crippen molar-refractivity contribution in [2.24, 2.45) is 0 Å². The zero-order valence-electron chi connectivity index (χ0n) is 11.3. The molecule has 4 rings (SSSR count). The first kappa shape index (κ1) is 13.5. The van der Waals surface area contributed by atoms with Crippen molar-refractivity contribution in [1.29, 1.82) is 0 Å². The van der Waals surface area contributed by atoms with Crippen molar-refractivity contribution in [2.75, 3.05) is 12.5 Å². The maximum absolute atomic E-state index is 11.6. The maximum Gasteiger partial charge on any atom is 0.275 e. The van der Waals surface area contributed by atoms with E-state index >= 15 is 0 Å². The summed E-state index contributed by atoms with van der Waals surface area (Å²) in [5.74, 6) is 1.20. The Morgan fingerprint density at radius 1 is 1.26 bits per heavy atom. The monoisotopic (exact) mass is 334 g/mol. The molecule has 2 N–H and O–H groups in total. The highest BCUT2D eigenvalue weighted by Crippen LogP contribution is 2.37. The fourth-order valence-electron chi connectivity index (χ4n) is 2.20. The van der Waals surface area contributed by atoms with Gasteiger partial charge in [0.2, 0.25) is 18.4 Å². The molecule has 0 radical (unpaired) electrons. The average Bonchev–Trinajstić information content (AvgIpc) is 3.24. The molecular weight excluding hydrogens is 328 g/mol. The average molecular weight is 335 g/mol. The van der Waals surface area contributed by atoms with Gasteiger partial charge in [-0.1, -0.05) is 5.21 Å². The number of nitrogen functional groups attached to an aromatic ring is 1. The minimum Gasteiger partial charge on any atom is -0.454 e. The van der Waals surface area contributed by atoms with E-state index in [2.05, 4.69) is 25.3 Å². The van der Waals surface area contributed by atoms with Crippen LogP contribution in [-0.4, -0.2) is 37.3 Å². The first-order chi connectivity index (χ1) is 11.1. The molecule has 0 saturated heterocycles. The Kier molecular flexibility index (Phi) is 2.91. The number of fused-ring (bicyclic) bond motifs is 1. The van der Waals surface area contributed by atoms with Gasteiger partial charge >= 0.3 is 0 Å². The van der Waals surface area contributed by atoms with Crippen molar-refractivity contribution < 1.29 is 18.9 Å². The lowest BCUT2D eigenvalue weighted by Crippen LogP contribution is -2.04. The Morgan fingerprint density at radius 3 is 2.83 bits per heavy atom. The maximum atomic E-state index is 11.6. The van der Waals surface area contributed by atoms with E-state index in [0.717, 1.165) is 0 Å². The van der Waals surface area contributed by atoms with Crippen LogP contribution in [0.15, 0.2) is 22.8 Å². The minimum absolute atomic E-state index is 0.00883. The van der Waals surface area contributed by atoms with Crippen molar-refractivity contribution in [3.8, 4) is 28.6 Å². The summed E-state index contributed by atoms with van der Waals surface area (Å²) in [6.07, 6.45) is 0. The molecule has 11 heteroatoms. The van der Waals surface area contributed by atoms with E-state index in [9.17, 15) is 4.79 Å². The second-order valence-electron chi connectivity index (χ2n) is 4.51. The van der Waals surface area contributed by atoms with Crippen molar-refractivity contribution in [3.63, 3.8) is 0 Å². The van der Waals surface area contributed by atoms with E-state index in [-0.39, 0.29) is 29.8 Å². The van der Waals surface area contributed by atoms with Gasteiger partial charge in [-0.3, -0.25) is 4.79 Å². The highest BCUT2D eigenvalue weighted by atomic mass is 35.5. The second kappa shape index (κ2) is 4.95. The summed E-state index contributed by atoms with van der Waals surface area (Å²) < 4.78 is 16.4. The lowest BCUT2D eigenvalue weighted by molar-refractivity contribution is 0.107. The van der Waals surface area contributed by atoms with Gasteiger partial charge in [0.05, 0.1) is 0 Å². The van der Waals surface area contributed by atoms with Crippen molar-refractivity contribution in [3.05, 3.63) is 23.9 Å². The standard InChI is InChI=1S/C12H7ClN6O4/c13-10(20)8-9(5-1-2-6-7(3-5)22-4-21-6)19(18-15-8)12-11(14)16-23-17-12/h1-3H,4H2,(H2,14,16). The zero-order valence-corrected chi connectivity index (χ0v) is 12.0. The Balaban J connectivity index is 1.94. The number of carbonyl (C=O) groups is 1. The van der Waals surface area contributed by atoms with Gasteiger partial charge in [0.1, 0.15) is 5.69 Å². The number of hydrogen-bond acceptors (Lipinski definition) is 9. The first-order valence-corrected chi connectivity index (χ1v) is 6.67. The van der Waals surface area contributed by atoms with E-state index in [4.69, 9.17) is 26.8 Å². The van der Waals surface area contributed by atoms with Gasteiger partial charge in [-0.2, -0.15) is 4.68 Å². The molecule has 3 heterocycles. The summed E-state index contributed by atoms with van der Waals surface area (Å²) in [5, 5.41) is 14.0. The van der Waals surface area contributed by atoms with Crippen LogP contribution in [0.4, 0.5) is 5.82 Å². The number of halogens is 1. The third-order valence-corrected chi connectivity index (χ3v) is 3.38. The SMILES string of the molecule is Nc1nonc1-n1nnc(C(=O)Cl)c1-c1ccc2c(c1)OCO2. The summed E-state index contributed by atoms with van der Waals surface area (Å²) in [5.41, 5.74) is 6.46. The molecule has 1 aromatic carbocycles. The van der Waals surface area contributed by atoms with Crippen LogP contribution in [0.25, 0.3) is 17.1 Å². The fourth-order valence-corrected chi connectivity index (χ4v) is 2.33. The number of ether oxygens (including phenoxy) is 2. The second-order valence-corrected chi connectivity index (χ2v) is 4.86. The Morgan fingerprint density at radius 2 is 2.09 bits per heavy atom. The Hall–Kier alpha value is -3.14. The fraction of sp³-hybridized carbons (Fsp3) is 0.0833. The summed E-state index contributed by atoms with van der Waals surface area (Å²) in [4.78, 5) is 11.6. The van der Waals surface area contributed by atoms with E-state index in [0.29, 0.717) is 17.1 Å². The van der Waals surface area contributed by atoms with Gasteiger partial charge < -0.3 is 15.2 Å². The largest absolute Gasteiger partial charge is 0.454 e. The molecule has 0 amide bonds. The highest BCUT2D eigenvalue weighted by Gasteiger charge is 2.25. The summed E-state index contributed by atoms with van der Waals surface area (Å²) in [6, 6.07) is 5.07.